The van der Waals surface area contributed by atoms with Crippen molar-refractivity contribution in [1.82, 2.24) is 0 Å². The monoisotopic (exact) mass is 216 g/mol. The number of carboxylic acid groups (broad SMARTS) is 1. The van der Waals surface area contributed by atoms with Crippen molar-refractivity contribution in [3.63, 3.8) is 0 Å². The van der Waals surface area contributed by atoms with Gasteiger partial charge in [-0.05, 0) is 36.8 Å². The summed E-state index contributed by atoms with van der Waals surface area (Å²) < 4.78 is 0. The molecule has 1 aliphatic rings. The Morgan fingerprint density at radius 1 is 1.50 bits per heavy atom. The maximum absolute atomic E-state index is 11.6. The van der Waals surface area contributed by atoms with E-state index in [0.29, 0.717) is 12.8 Å². The first-order valence-corrected chi connectivity index (χ1v) is 5.63. The topological polar surface area (TPSA) is 37.3 Å². The highest BCUT2D eigenvalue weighted by Gasteiger charge is 2.42. The van der Waals surface area contributed by atoms with E-state index in [0.717, 1.165) is 18.4 Å². The van der Waals surface area contributed by atoms with Crippen molar-refractivity contribution >= 4 is 5.97 Å². The van der Waals surface area contributed by atoms with E-state index in [2.05, 4.69) is 6.58 Å². The molecule has 0 saturated heterocycles. The third-order valence-electron chi connectivity index (χ3n) is 3.48. The molecule has 0 spiro atoms. The summed E-state index contributed by atoms with van der Waals surface area (Å²) in [7, 11) is 0. The van der Waals surface area contributed by atoms with E-state index < -0.39 is 11.4 Å². The van der Waals surface area contributed by atoms with Crippen LogP contribution in [0.5, 0.6) is 0 Å². The van der Waals surface area contributed by atoms with E-state index in [4.69, 9.17) is 0 Å². The molecule has 0 fully saturated rings. The van der Waals surface area contributed by atoms with Crippen LogP contribution in [0.1, 0.15) is 30.4 Å². The van der Waals surface area contributed by atoms with Gasteiger partial charge < -0.3 is 5.11 Å². The standard InChI is InChI=1S/C14H16O2/c1-2-9-14(13(15)16)10-5-7-11-6-3-4-8-12(11)14/h2-4,6,8H,1,5,7,9-10H2,(H,15,16). The van der Waals surface area contributed by atoms with Crippen LogP contribution in [0.4, 0.5) is 0 Å². The zero-order valence-electron chi connectivity index (χ0n) is 9.28. The minimum Gasteiger partial charge on any atom is -0.481 e. The second-order valence-electron chi connectivity index (χ2n) is 4.39. The predicted molar refractivity (Wildman–Crippen MR) is 63.5 cm³/mol. The molecule has 84 valence electrons. The zero-order chi connectivity index (χ0) is 11.6. The highest BCUT2D eigenvalue weighted by atomic mass is 16.4. The molecule has 2 nitrogen and oxygen atoms in total. The van der Waals surface area contributed by atoms with E-state index >= 15 is 0 Å². The highest BCUT2D eigenvalue weighted by Crippen LogP contribution is 2.40. The largest absolute Gasteiger partial charge is 0.481 e. The van der Waals surface area contributed by atoms with E-state index in [9.17, 15) is 9.90 Å². The molecule has 0 heterocycles. The number of aryl methyl sites for hydroxylation is 1. The van der Waals surface area contributed by atoms with Crippen LogP contribution in [0.25, 0.3) is 0 Å². The van der Waals surface area contributed by atoms with Crippen LogP contribution in [-0.2, 0) is 16.6 Å². The van der Waals surface area contributed by atoms with Gasteiger partial charge in [0.05, 0.1) is 5.41 Å². The number of aliphatic carboxylic acids is 1. The van der Waals surface area contributed by atoms with E-state index in [1.807, 2.05) is 24.3 Å². The molecule has 1 aliphatic carbocycles. The number of hydrogen-bond donors (Lipinski definition) is 1. The lowest BCUT2D eigenvalue weighted by molar-refractivity contribution is -0.144. The molecule has 1 unspecified atom stereocenters. The van der Waals surface area contributed by atoms with E-state index in [1.165, 1.54) is 5.56 Å². The van der Waals surface area contributed by atoms with Gasteiger partial charge in [-0.3, -0.25) is 4.79 Å². The number of benzene rings is 1. The molecule has 2 rings (SSSR count). The van der Waals surface area contributed by atoms with Gasteiger partial charge in [0.15, 0.2) is 0 Å². The van der Waals surface area contributed by atoms with Gasteiger partial charge >= 0.3 is 5.97 Å². The Kier molecular flexibility index (Phi) is 2.82. The van der Waals surface area contributed by atoms with Crippen molar-refractivity contribution in [3.8, 4) is 0 Å². The number of carboxylic acids is 1. The van der Waals surface area contributed by atoms with Crippen LogP contribution >= 0.6 is 0 Å². The second-order valence-corrected chi connectivity index (χ2v) is 4.39. The van der Waals surface area contributed by atoms with Gasteiger partial charge in [-0.15, -0.1) is 6.58 Å². The van der Waals surface area contributed by atoms with Crippen molar-refractivity contribution in [2.24, 2.45) is 0 Å². The first kappa shape index (κ1) is 10.9. The van der Waals surface area contributed by atoms with Crippen LogP contribution < -0.4 is 0 Å². The van der Waals surface area contributed by atoms with Crippen LogP contribution in [-0.4, -0.2) is 11.1 Å². The summed E-state index contributed by atoms with van der Waals surface area (Å²) in [6, 6.07) is 7.89. The molecular formula is C14H16O2. The number of allylic oxidation sites excluding steroid dienone is 1. The molecule has 0 amide bonds. The molecule has 0 saturated carbocycles. The van der Waals surface area contributed by atoms with Gasteiger partial charge in [0.2, 0.25) is 0 Å². The lowest BCUT2D eigenvalue weighted by Crippen LogP contribution is -2.38. The lowest BCUT2D eigenvalue weighted by Gasteiger charge is -2.34. The molecule has 0 aliphatic heterocycles. The second kappa shape index (κ2) is 4.12. The highest BCUT2D eigenvalue weighted by molar-refractivity contribution is 5.82. The normalized spacial score (nSPS) is 23.5. The molecule has 16 heavy (non-hydrogen) atoms. The summed E-state index contributed by atoms with van der Waals surface area (Å²) in [6.45, 7) is 3.69. The average molecular weight is 216 g/mol. The molecule has 2 heteroatoms. The smallest absolute Gasteiger partial charge is 0.314 e. The summed E-state index contributed by atoms with van der Waals surface area (Å²) in [4.78, 5) is 11.6. The quantitative estimate of drug-likeness (QED) is 0.789. The van der Waals surface area contributed by atoms with Crippen LogP contribution in [0, 0.1) is 0 Å². The molecule has 0 radical (unpaired) electrons. The molecule has 1 N–H and O–H groups in total. The van der Waals surface area contributed by atoms with Gasteiger partial charge in [0.1, 0.15) is 0 Å². The maximum atomic E-state index is 11.6. The van der Waals surface area contributed by atoms with Crippen molar-refractivity contribution in [2.45, 2.75) is 31.1 Å². The Labute approximate surface area is 95.6 Å². The molecule has 1 aromatic carbocycles. The summed E-state index contributed by atoms with van der Waals surface area (Å²) >= 11 is 0. The molecule has 1 aromatic rings. The van der Waals surface area contributed by atoms with Gasteiger partial charge in [-0.2, -0.15) is 0 Å². The third-order valence-corrected chi connectivity index (χ3v) is 3.48. The van der Waals surface area contributed by atoms with Crippen LogP contribution in [0.2, 0.25) is 0 Å². The maximum Gasteiger partial charge on any atom is 0.314 e. The van der Waals surface area contributed by atoms with Gasteiger partial charge in [0, 0.05) is 0 Å². The first-order chi connectivity index (χ1) is 7.70. The molecular weight excluding hydrogens is 200 g/mol. The van der Waals surface area contributed by atoms with Gasteiger partial charge in [-0.25, -0.2) is 0 Å². The Hall–Kier alpha value is -1.57. The number of rotatable bonds is 3. The predicted octanol–water partition coefficient (Wildman–Crippen LogP) is 2.92. The Balaban J connectivity index is 2.56. The first-order valence-electron chi connectivity index (χ1n) is 5.63. The Morgan fingerprint density at radius 3 is 2.94 bits per heavy atom. The Bertz CT molecular complexity index is 422. The fourth-order valence-electron chi connectivity index (χ4n) is 2.69. The average Bonchev–Trinajstić information content (AvgIpc) is 2.29. The van der Waals surface area contributed by atoms with Crippen molar-refractivity contribution in [3.05, 3.63) is 48.0 Å². The van der Waals surface area contributed by atoms with Crippen molar-refractivity contribution in [1.29, 1.82) is 0 Å². The summed E-state index contributed by atoms with van der Waals surface area (Å²) in [5, 5.41) is 9.52. The summed E-state index contributed by atoms with van der Waals surface area (Å²) in [5.74, 6) is -0.723. The van der Waals surface area contributed by atoms with Crippen molar-refractivity contribution in [2.75, 3.05) is 0 Å². The Morgan fingerprint density at radius 2 is 2.25 bits per heavy atom. The fourth-order valence-corrected chi connectivity index (χ4v) is 2.69. The van der Waals surface area contributed by atoms with Crippen molar-refractivity contribution < 1.29 is 9.90 Å². The van der Waals surface area contributed by atoms with Crippen LogP contribution in [0.3, 0.4) is 0 Å². The van der Waals surface area contributed by atoms with Crippen LogP contribution in [0.15, 0.2) is 36.9 Å². The zero-order valence-corrected chi connectivity index (χ0v) is 9.28. The number of hydrogen-bond acceptors (Lipinski definition) is 1. The van der Waals surface area contributed by atoms with E-state index in [1.54, 1.807) is 6.08 Å². The summed E-state index contributed by atoms with van der Waals surface area (Å²) in [6.07, 6.45) is 4.88. The number of fused-ring (bicyclic) bond motifs is 1. The third kappa shape index (κ3) is 1.54. The molecule has 0 bridgehead atoms. The SMILES string of the molecule is C=CCC1(C(=O)O)CCCc2ccccc21. The minimum absolute atomic E-state index is 0.513. The van der Waals surface area contributed by atoms with E-state index in [-0.39, 0.29) is 0 Å². The minimum atomic E-state index is -0.739. The molecule has 1 atom stereocenters. The fraction of sp³-hybridized carbons (Fsp3) is 0.357. The lowest BCUT2D eigenvalue weighted by atomic mass is 9.68. The van der Waals surface area contributed by atoms with Gasteiger partial charge in [-0.1, -0.05) is 30.3 Å². The molecule has 0 aromatic heterocycles. The summed E-state index contributed by atoms with van der Waals surface area (Å²) in [5.41, 5.74) is 1.42. The number of carbonyl (C=O) groups is 1. The van der Waals surface area contributed by atoms with Gasteiger partial charge in [0.25, 0.3) is 0 Å².